The van der Waals surface area contributed by atoms with Crippen molar-refractivity contribution in [1.82, 2.24) is 0 Å². The molecule has 0 amide bonds. The lowest BCUT2D eigenvalue weighted by molar-refractivity contribution is -0.312. The van der Waals surface area contributed by atoms with Crippen molar-refractivity contribution in [3.63, 3.8) is 0 Å². The molecule has 0 radical (unpaired) electrons. The zero-order valence-electron chi connectivity index (χ0n) is 9.59. The predicted octanol–water partition coefficient (Wildman–Crippen LogP) is 1.12. The average molecular weight is 260 g/mol. The fourth-order valence-corrected chi connectivity index (χ4v) is 0.644. The van der Waals surface area contributed by atoms with Gasteiger partial charge in [0.25, 0.3) is 0 Å². The summed E-state index contributed by atoms with van der Waals surface area (Å²) in [7, 11) is -4.67. The first kappa shape index (κ1) is 18.1. The molecule has 1 aliphatic rings. The lowest BCUT2D eigenvalue weighted by Gasteiger charge is -2.07. The van der Waals surface area contributed by atoms with Crippen molar-refractivity contribution in [1.29, 1.82) is 0 Å². The lowest BCUT2D eigenvalue weighted by Crippen LogP contribution is -2.05. The van der Waals surface area contributed by atoms with Crippen LogP contribution < -0.4 is 0 Å². The van der Waals surface area contributed by atoms with Crippen molar-refractivity contribution in [3.8, 4) is 0 Å². The first-order valence-electron chi connectivity index (χ1n) is 4.93. The van der Waals surface area contributed by atoms with E-state index in [4.69, 9.17) is 22.3 Å². The van der Waals surface area contributed by atoms with Crippen LogP contribution in [0.5, 0.6) is 0 Å². The molecule has 0 aromatic rings. The third kappa shape index (κ3) is 37.2. The van der Waals surface area contributed by atoms with Crippen molar-refractivity contribution < 1.29 is 32.0 Å². The number of rotatable bonds is 2. The van der Waals surface area contributed by atoms with E-state index in [9.17, 15) is 0 Å². The SMILES string of the molecule is C1CCOOC1.CCOCC.O=S(=O)(O)O. The second-order valence-electron chi connectivity index (χ2n) is 2.58. The number of hydrogen-bond donors (Lipinski definition) is 2. The molecule has 1 fully saturated rings. The molecule has 0 unspecified atom stereocenters. The molecule has 1 heterocycles. The van der Waals surface area contributed by atoms with Crippen molar-refractivity contribution in [2.24, 2.45) is 0 Å². The quantitative estimate of drug-likeness (QED) is 0.566. The van der Waals surface area contributed by atoms with Crippen LogP contribution in [0.4, 0.5) is 0 Å². The highest BCUT2D eigenvalue weighted by Crippen LogP contribution is 1.97. The van der Waals surface area contributed by atoms with Crippen LogP contribution in [0.15, 0.2) is 0 Å². The molecule has 0 bridgehead atoms. The summed E-state index contributed by atoms with van der Waals surface area (Å²) < 4.78 is 36.4. The van der Waals surface area contributed by atoms with Crippen molar-refractivity contribution >= 4 is 10.4 Å². The molecule has 16 heavy (non-hydrogen) atoms. The lowest BCUT2D eigenvalue weighted by atomic mass is 10.3. The molecular weight excluding hydrogens is 240 g/mol. The van der Waals surface area contributed by atoms with Crippen LogP contribution in [0, 0.1) is 0 Å². The highest BCUT2D eigenvalue weighted by atomic mass is 32.3. The van der Waals surface area contributed by atoms with Crippen LogP contribution in [-0.4, -0.2) is 44.0 Å². The second kappa shape index (κ2) is 12.8. The zero-order valence-corrected chi connectivity index (χ0v) is 10.4. The maximum absolute atomic E-state index is 8.74. The molecule has 0 aliphatic carbocycles. The molecule has 0 aromatic carbocycles. The summed E-state index contributed by atoms with van der Waals surface area (Å²) in [6.07, 6.45) is 2.31. The van der Waals surface area contributed by atoms with E-state index in [1.807, 2.05) is 13.8 Å². The van der Waals surface area contributed by atoms with Gasteiger partial charge in [0.1, 0.15) is 0 Å². The Morgan fingerprint density at radius 3 is 1.44 bits per heavy atom. The van der Waals surface area contributed by atoms with Crippen molar-refractivity contribution in [3.05, 3.63) is 0 Å². The van der Waals surface area contributed by atoms with Gasteiger partial charge in [-0.15, -0.1) is 0 Å². The van der Waals surface area contributed by atoms with E-state index >= 15 is 0 Å². The van der Waals surface area contributed by atoms with E-state index in [-0.39, 0.29) is 0 Å². The van der Waals surface area contributed by atoms with Crippen LogP contribution in [-0.2, 0) is 24.9 Å². The maximum Gasteiger partial charge on any atom is 0.394 e. The van der Waals surface area contributed by atoms with Gasteiger partial charge < -0.3 is 4.74 Å². The molecule has 0 spiro atoms. The Labute approximate surface area is 96.2 Å². The minimum absolute atomic E-state index is 0.778. The van der Waals surface area contributed by atoms with Crippen LogP contribution in [0.2, 0.25) is 0 Å². The van der Waals surface area contributed by atoms with Gasteiger partial charge in [0, 0.05) is 13.2 Å². The van der Waals surface area contributed by atoms with Crippen molar-refractivity contribution in [2.45, 2.75) is 26.7 Å². The number of hydrogen-bond acceptors (Lipinski definition) is 5. The van der Waals surface area contributed by atoms with Crippen molar-refractivity contribution in [2.75, 3.05) is 26.4 Å². The smallest absolute Gasteiger partial charge is 0.382 e. The molecule has 2 N–H and O–H groups in total. The summed E-state index contributed by atoms with van der Waals surface area (Å²) in [5, 5.41) is 0. The van der Waals surface area contributed by atoms with E-state index in [1.165, 1.54) is 0 Å². The van der Waals surface area contributed by atoms with E-state index < -0.39 is 10.4 Å². The van der Waals surface area contributed by atoms with Crippen LogP contribution in [0.3, 0.4) is 0 Å². The normalized spacial score (nSPS) is 15.2. The van der Waals surface area contributed by atoms with Gasteiger partial charge in [-0.2, -0.15) is 8.42 Å². The van der Waals surface area contributed by atoms with Crippen LogP contribution in [0.1, 0.15) is 26.7 Å². The van der Waals surface area contributed by atoms with E-state index in [0.29, 0.717) is 0 Å². The zero-order chi connectivity index (χ0) is 12.9. The summed E-state index contributed by atoms with van der Waals surface area (Å²) in [5.74, 6) is 0. The number of ether oxygens (including phenoxy) is 1. The highest BCUT2D eigenvalue weighted by Gasteiger charge is 1.95. The van der Waals surface area contributed by atoms with E-state index in [1.54, 1.807) is 0 Å². The molecule has 0 aromatic heterocycles. The molecule has 1 aliphatic heterocycles. The van der Waals surface area contributed by atoms with Gasteiger partial charge in [0.05, 0.1) is 13.2 Å². The molecule has 8 heteroatoms. The first-order chi connectivity index (χ1) is 7.41. The standard InChI is InChI=1S/C4H8O2.C4H10O.H2O4S/c1-2-4-6-5-3-1;1-3-5-4-2;1-5(2,3)4/h1-4H2;3-4H2,1-2H3;(H2,1,2,3,4). The Morgan fingerprint density at radius 1 is 1.06 bits per heavy atom. The molecule has 7 nitrogen and oxygen atoms in total. The monoisotopic (exact) mass is 260 g/mol. The summed E-state index contributed by atoms with van der Waals surface area (Å²) in [4.78, 5) is 9.14. The van der Waals surface area contributed by atoms with Gasteiger partial charge >= 0.3 is 10.4 Å². The van der Waals surface area contributed by atoms with E-state index in [2.05, 4.69) is 9.78 Å². The van der Waals surface area contributed by atoms with Crippen LogP contribution in [0.25, 0.3) is 0 Å². The largest absolute Gasteiger partial charge is 0.394 e. The highest BCUT2D eigenvalue weighted by molar-refractivity contribution is 7.79. The fourth-order valence-electron chi connectivity index (χ4n) is 0.644. The summed E-state index contributed by atoms with van der Waals surface area (Å²) >= 11 is 0. The molecule has 1 rings (SSSR count). The summed E-state index contributed by atoms with van der Waals surface area (Å²) in [6, 6.07) is 0. The van der Waals surface area contributed by atoms with Gasteiger partial charge in [-0.3, -0.25) is 9.11 Å². The fraction of sp³-hybridized carbons (Fsp3) is 1.00. The Balaban J connectivity index is 0. The molecular formula is C8H20O7S. The minimum atomic E-state index is -4.67. The Hall–Kier alpha value is -0.250. The molecule has 100 valence electrons. The van der Waals surface area contributed by atoms with Gasteiger partial charge in [-0.1, -0.05) is 0 Å². The molecule has 1 saturated heterocycles. The van der Waals surface area contributed by atoms with Gasteiger partial charge in [-0.25, -0.2) is 9.78 Å². The molecule has 0 saturated carbocycles. The third-order valence-corrected chi connectivity index (χ3v) is 1.20. The average Bonchev–Trinajstić information content (AvgIpc) is 2.20. The Bertz CT molecular complexity index is 189. The minimum Gasteiger partial charge on any atom is -0.382 e. The predicted molar refractivity (Wildman–Crippen MR) is 57.5 cm³/mol. The first-order valence-corrected chi connectivity index (χ1v) is 6.33. The maximum atomic E-state index is 8.74. The van der Waals surface area contributed by atoms with E-state index in [0.717, 1.165) is 39.3 Å². The Kier molecular flexibility index (Phi) is 14.5. The topological polar surface area (TPSA) is 102 Å². The Morgan fingerprint density at radius 2 is 1.38 bits per heavy atom. The second-order valence-corrected chi connectivity index (χ2v) is 3.48. The summed E-state index contributed by atoms with van der Waals surface area (Å²) in [5.41, 5.74) is 0. The van der Waals surface area contributed by atoms with Crippen LogP contribution >= 0.6 is 0 Å². The van der Waals surface area contributed by atoms with Gasteiger partial charge in [0.15, 0.2) is 0 Å². The summed E-state index contributed by atoms with van der Waals surface area (Å²) in [6.45, 7) is 7.22. The van der Waals surface area contributed by atoms with Gasteiger partial charge in [0.2, 0.25) is 0 Å². The molecule has 0 atom stereocenters. The third-order valence-electron chi connectivity index (χ3n) is 1.20. The van der Waals surface area contributed by atoms with Gasteiger partial charge in [-0.05, 0) is 26.7 Å².